The van der Waals surface area contributed by atoms with Crippen molar-refractivity contribution in [2.45, 2.75) is 25.5 Å². The molecule has 5 heteroatoms. The van der Waals surface area contributed by atoms with Gasteiger partial charge in [0, 0.05) is 18.2 Å². The van der Waals surface area contributed by atoms with Gasteiger partial charge in [-0.05, 0) is 37.1 Å². The van der Waals surface area contributed by atoms with E-state index in [4.69, 9.17) is 0 Å². The first-order valence-electron chi connectivity index (χ1n) is 5.91. The van der Waals surface area contributed by atoms with Crippen molar-refractivity contribution >= 4 is 45.2 Å². The van der Waals surface area contributed by atoms with Gasteiger partial charge in [0.25, 0.3) is 0 Å². The molecule has 1 aliphatic heterocycles. The summed E-state index contributed by atoms with van der Waals surface area (Å²) in [4.78, 5) is 18.2. The van der Waals surface area contributed by atoms with E-state index >= 15 is 0 Å². The zero-order valence-corrected chi connectivity index (χ0v) is 12.0. The van der Waals surface area contributed by atoms with Crippen LogP contribution in [0.15, 0.2) is 12.1 Å². The largest absolute Gasteiger partial charge is 0.287 e. The summed E-state index contributed by atoms with van der Waals surface area (Å²) in [6, 6.07) is 4.23. The van der Waals surface area contributed by atoms with Crippen LogP contribution in [0.1, 0.15) is 17.5 Å². The molecule has 0 spiro atoms. The van der Waals surface area contributed by atoms with E-state index in [1.54, 1.807) is 16.2 Å². The molecule has 1 atom stereocenters. The van der Waals surface area contributed by atoms with Crippen LogP contribution in [0.5, 0.6) is 0 Å². The molecule has 0 aliphatic carbocycles. The first-order valence-corrected chi connectivity index (χ1v) is 7.24. The topological polar surface area (TPSA) is 33.2 Å². The van der Waals surface area contributed by atoms with Crippen LogP contribution < -0.4 is 4.90 Å². The molecule has 2 aromatic rings. The lowest BCUT2D eigenvalue weighted by Gasteiger charge is -2.10. The Morgan fingerprint density at radius 3 is 2.78 bits per heavy atom. The normalized spacial score (nSPS) is 20.1. The van der Waals surface area contributed by atoms with Gasteiger partial charge in [-0.3, -0.25) is 9.69 Å². The molecule has 3 rings (SSSR count). The molecule has 94 valence electrons. The lowest BCUT2D eigenvalue weighted by atomic mass is 10.1. The zero-order valence-electron chi connectivity index (χ0n) is 10.3. The fourth-order valence-corrected chi connectivity index (χ4v) is 3.55. The molecule has 0 N–H and O–H groups in total. The summed E-state index contributed by atoms with van der Waals surface area (Å²) in [6.45, 7) is 4.84. The van der Waals surface area contributed by atoms with Crippen LogP contribution in [0.3, 0.4) is 0 Å². The minimum absolute atomic E-state index is 0.127. The highest BCUT2D eigenvalue weighted by Gasteiger charge is 2.30. The van der Waals surface area contributed by atoms with Gasteiger partial charge in [-0.2, -0.15) is 12.6 Å². The van der Waals surface area contributed by atoms with Gasteiger partial charge in [-0.1, -0.05) is 11.3 Å². The minimum atomic E-state index is 0.127. The van der Waals surface area contributed by atoms with E-state index in [1.165, 1.54) is 11.1 Å². The second-order valence-corrected chi connectivity index (χ2v) is 6.50. The SMILES string of the molecule is Cc1cc2nc(N3CC(S)CC3=O)sc2cc1C. The fraction of sp³-hybridized carbons (Fsp3) is 0.385. The average molecular weight is 278 g/mol. The number of thiazole rings is 1. The third-order valence-corrected chi connectivity index (χ3v) is 4.72. The number of carbonyl (C=O) groups is 1. The van der Waals surface area contributed by atoms with Crippen LogP contribution in [0.4, 0.5) is 5.13 Å². The number of anilines is 1. The minimum Gasteiger partial charge on any atom is -0.287 e. The van der Waals surface area contributed by atoms with E-state index in [0.29, 0.717) is 13.0 Å². The van der Waals surface area contributed by atoms with Crippen molar-refractivity contribution in [1.29, 1.82) is 0 Å². The van der Waals surface area contributed by atoms with Crippen molar-refractivity contribution in [1.82, 2.24) is 4.98 Å². The number of benzene rings is 1. The Balaban J connectivity index is 2.06. The summed E-state index contributed by atoms with van der Waals surface area (Å²) < 4.78 is 1.14. The number of nitrogens with zero attached hydrogens (tertiary/aromatic N) is 2. The number of aromatic nitrogens is 1. The van der Waals surface area contributed by atoms with Gasteiger partial charge in [0.05, 0.1) is 10.2 Å². The van der Waals surface area contributed by atoms with E-state index in [9.17, 15) is 4.79 Å². The molecule has 0 radical (unpaired) electrons. The maximum atomic E-state index is 11.8. The molecule has 2 heterocycles. The molecule has 0 bridgehead atoms. The average Bonchev–Trinajstić information content (AvgIpc) is 2.82. The van der Waals surface area contributed by atoms with E-state index in [1.807, 2.05) is 0 Å². The molecule has 1 aromatic carbocycles. The summed E-state index contributed by atoms with van der Waals surface area (Å²) in [5, 5.41) is 0.935. The molecule has 18 heavy (non-hydrogen) atoms. The number of hydrogen-bond donors (Lipinski definition) is 1. The van der Waals surface area contributed by atoms with Crippen LogP contribution in [0.25, 0.3) is 10.2 Å². The van der Waals surface area contributed by atoms with Gasteiger partial charge in [0.15, 0.2) is 5.13 Å². The van der Waals surface area contributed by atoms with Gasteiger partial charge in [-0.25, -0.2) is 4.98 Å². The van der Waals surface area contributed by atoms with Gasteiger partial charge >= 0.3 is 0 Å². The number of amides is 1. The lowest BCUT2D eigenvalue weighted by Crippen LogP contribution is -2.24. The molecule has 3 nitrogen and oxygen atoms in total. The van der Waals surface area contributed by atoms with Crippen LogP contribution in [-0.4, -0.2) is 22.7 Å². The maximum Gasteiger partial charge on any atom is 0.229 e. The predicted molar refractivity (Wildman–Crippen MR) is 78.8 cm³/mol. The third kappa shape index (κ3) is 1.91. The summed E-state index contributed by atoms with van der Waals surface area (Å²) in [5.74, 6) is 0.127. The van der Waals surface area contributed by atoms with Crippen molar-refractivity contribution < 1.29 is 4.79 Å². The molecular formula is C13H14N2OS2. The molecule has 1 fully saturated rings. The monoisotopic (exact) mass is 278 g/mol. The number of aryl methyl sites for hydroxylation is 2. The number of fused-ring (bicyclic) bond motifs is 1. The summed E-state index contributed by atoms with van der Waals surface area (Å²) in [7, 11) is 0. The van der Waals surface area contributed by atoms with Crippen LogP contribution in [0, 0.1) is 13.8 Å². The van der Waals surface area contributed by atoms with Crippen LogP contribution in [-0.2, 0) is 4.79 Å². The Hall–Kier alpha value is -1.07. The molecule has 1 amide bonds. The van der Waals surface area contributed by atoms with E-state index < -0.39 is 0 Å². The third-order valence-electron chi connectivity index (χ3n) is 3.33. The molecular weight excluding hydrogens is 264 g/mol. The molecule has 1 aromatic heterocycles. The number of rotatable bonds is 1. The smallest absolute Gasteiger partial charge is 0.229 e. The summed E-state index contributed by atoms with van der Waals surface area (Å²) >= 11 is 5.95. The van der Waals surface area contributed by atoms with Crippen LogP contribution >= 0.6 is 24.0 Å². The quantitative estimate of drug-likeness (QED) is 0.814. The summed E-state index contributed by atoms with van der Waals surface area (Å²) in [5.41, 5.74) is 3.48. The molecule has 0 saturated carbocycles. The Morgan fingerprint density at radius 1 is 1.39 bits per heavy atom. The lowest BCUT2D eigenvalue weighted by molar-refractivity contribution is -0.117. The van der Waals surface area contributed by atoms with Gasteiger partial charge in [-0.15, -0.1) is 0 Å². The summed E-state index contributed by atoms with van der Waals surface area (Å²) in [6.07, 6.45) is 0.511. The molecule has 1 saturated heterocycles. The van der Waals surface area contributed by atoms with Crippen molar-refractivity contribution in [2.24, 2.45) is 0 Å². The van der Waals surface area contributed by atoms with Crippen molar-refractivity contribution in [3.63, 3.8) is 0 Å². The number of thiol groups is 1. The maximum absolute atomic E-state index is 11.8. The number of carbonyl (C=O) groups excluding carboxylic acids is 1. The highest BCUT2D eigenvalue weighted by Crippen LogP contribution is 2.33. The zero-order chi connectivity index (χ0) is 12.9. The Bertz CT molecular complexity index is 596. The Morgan fingerprint density at radius 2 is 2.11 bits per heavy atom. The predicted octanol–water partition coefficient (Wildman–Crippen LogP) is 2.95. The second kappa shape index (κ2) is 4.24. The van der Waals surface area contributed by atoms with E-state index in [-0.39, 0.29) is 11.2 Å². The Labute approximate surface area is 115 Å². The highest BCUT2D eigenvalue weighted by atomic mass is 32.1. The van der Waals surface area contributed by atoms with Gasteiger partial charge in [0.2, 0.25) is 5.91 Å². The van der Waals surface area contributed by atoms with E-state index in [0.717, 1.165) is 15.3 Å². The van der Waals surface area contributed by atoms with Crippen molar-refractivity contribution in [3.8, 4) is 0 Å². The molecule has 1 aliphatic rings. The van der Waals surface area contributed by atoms with Gasteiger partial charge in [0.1, 0.15) is 0 Å². The number of hydrogen-bond acceptors (Lipinski definition) is 4. The van der Waals surface area contributed by atoms with Crippen LogP contribution in [0.2, 0.25) is 0 Å². The van der Waals surface area contributed by atoms with Crippen molar-refractivity contribution in [3.05, 3.63) is 23.3 Å². The second-order valence-electron chi connectivity index (χ2n) is 4.76. The standard InChI is InChI=1S/C13H14N2OS2/c1-7-3-10-11(4-8(7)2)18-13(14-10)15-6-9(17)5-12(15)16/h3-4,9,17H,5-6H2,1-2H3. The first-order chi connectivity index (χ1) is 8.54. The Kier molecular flexibility index (Phi) is 2.83. The van der Waals surface area contributed by atoms with Gasteiger partial charge < -0.3 is 0 Å². The molecule has 1 unspecified atom stereocenters. The van der Waals surface area contributed by atoms with E-state index in [2.05, 4.69) is 43.6 Å². The fourth-order valence-electron chi connectivity index (χ4n) is 2.16. The van der Waals surface area contributed by atoms with Crippen molar-refractivity contribution in [2.75, 3.05) is 11.4 Å². The first kappa shape index (κ1) is 12.0. The highest BCUT2D eigenvalue weighted by molar-refractivity contribution is 7.81.